The Labute approximate surface area is 106 Å². The fraction of sp³-hybridized carbons (Fsp3) is 0.385. The Kier molecular flexibility index (Phi) is 3.70. The van der Waals surface area contributed by atoms with Crippen LogP contribution in [0.4, 0.5) is 5.69 Å². The van der Waals surface area contributed by atoms with Crippen molar-refractivity contribution in [3.8, 4) is 6.19 Å². The van der Waals surface area contributed by atoms with Crippen LogP contribution in [0.2, 0.25) is 0 Å². The summed E-state index contributed by atoms with van der Waals surface area (Å²) in [6.07, 6.45) is 6.07. The molecular weight excluding hydrogens is 230 g/mol. The van der Waals surface area contributed by atoms with E-state index in [-0.39, 0.29) is 0 Å². The van der Waals surface area contributed by atoms with E-state index in [9.17, 15) is 0 Å². The van der Waals surface area contributed by atoms with Crippen molar-refractivity contribution < 1.29 is 0 Å². The van der Waals surface area contributed by atoms with E-state index in [0.29, 0.717) is 0 Å². The van der Waals surface area contributed by atoms with Gasteiger partial charge in [-0.05, 0) is 37.7 Å². The number of aryl methyl sites for hydroxylation is 2. The molecule has 88 valence electrons. The lowest BCUT2D eigenvalue weighted by Crippen LogP contribution is -2.33. The van der Waals surface area contributed by atoms with Crippen LogP contribution in [-0.2, 0) is 6.42 Å². The third-order valence-corrected chi connectivity index (χ3v) is 3.59. The van der Waals surface area contributed by atoms with E-state index in [1.807, 2.05) is 12.4 Å². The number of anilines is 1. The Hall–Kier alpha value is -1.47. The van der Waals surface area contributed by atoms with Gasteiger partial charge in [-0.2, -0.15) is 5.26 Å². The zero-order chi connectivity index (χ0) is 12.3. The zero-order valence-electron chi connectivity index (χ0n) is 10.1. The summed E-state index contributed by atoms with van der Waals surface area (Å²) in [6, 6.07) is 6.47. The molecular formula is C13H15N3S. The van der Waals surface area contributed by atoms with Gasteiger partial charge in [0.2, 0.25) is 6.19 Å². The van der Waals surface area contributed by atoms with Gasteiger partial charge < -0.3 is 4.90 Å². The second kappa shape index (κ2) is 5.24. The molecule has 0 radical (unpaired) electrons. The standard InChI is InChI=1S/C13H15N3S/c1-10-5-6-12-11(8-10)4-3-7-16(12)13(17-2)15-9-14/h5-6,8H,3-4,7H2,1-2H3. The number of nitriles is 1. The lowest BCUT2D eigenvalue weighted by atomic mass is 10.0. The van der Waals surface area contributed by atoms with E-state index >= 15 is 0 Å². The third-order valence-electron chi connectivity index (χ3n) is 2.91. The van der Waals surface area contributed by atoms with Gasteiger partial charge in [0.05, 0.1) is 0 Å². The normalized spacial score (nSPS) is 15.4. The largest absolute Gasteiger partial charge is 0.320 e. The maximum atomic E-state index is 8.71. The fourth-order valence-corrected chi connectivity index (χ4v) is 2.73. The van der Waals surface area contributed by atoms with Crippen LogP contribution in [0.1, 0.15) is 17.5 Å². The molecule has 0 atom stereocenters. The Balaban J connectivity index is 2.41. The minimum atomic E-state index is 0.789. The smallest absolute Gasteiger partial charge is 0.208 e. The molecule has 0 saturated heterocycles. The van der Waals surface area contributed by atoms with Crippen LogP contribution in [0.15, 0.2) is 23.2 Å². The van der Waals surface area contributed by atoms with Gasteiger partial charge in [-0.1, -0.05) is 29.5 Å². The average molecular weight is 245 g/mol. The van der Waals surface area contributed by atoms with Crippen LogP contribution < -0.4 is 4.90 Å². The highest BCUT2D eigenvalue weighted by Gasteiger charge is 2.20. The molecule has 1 aliphatic heterocycles. The molecule has 0 bridgehead atoms. The quantitative estimate of drug-likeness (QED) is 0.401. The van der Waals surface area contributed by atoms with Gasteiger partial charge >= 0.3 is 0 Å². The SMILES string of the molecule is CSC(=NC#N)N1CCCc2cc(C)ccc21. The molecule has 0 N–H and O–H groups in total. The zero-order valence-corrected chi connectivity index (χ0v) is 10.9. The Morgan fingerprint density at radius 3 is 3.06 bits per heavy atom. The lowest BCUT2D eigenvalue weighted by Gasteiger charge is -2.31. The highest BCUT2D eigenvalue weighted by atomic mass is 32.2. The molecule has 0 unspecified atom stereocenters. The van der Waals surface area contributed by atoms with Gasteiger partial charge in [-0.3, -0.25) is 0 Å². The number of benzene rings is 1. The van der Waals surface area contributed by atoms with Crippen LogP contribution in [0.5, 0.6) is 0 Å². The van der Waals surface area contributed by atoms with Crippen molar-refractivity contribution in [3.63, 3.8) is 0 Å². The molecule has 1 heterocycles. The van der Waals surface area contributed by atoms with Crippen molar-refractivity contribution >= 4 is 22.6 Å². The van der Waals surface area contributed by atoms with E-state index < -0.39 is 0 Å². The average Bonchev–Trinajstić information content (AvgIpc) is 2.35. The second-order valence-corrected chi connectivity index (χ2v) is 4.86. The summed E-state index contributed by atoms with van der Waals surface area (Å²) < 4.78 is 0. The summed E-state index contributed by atoms with van der Waals surface area (Å²) >= 11 is 1.52. The number of amidine groups is 1. The number of aliphatic imine (C=N–C) groups is 1. The first kappa shape index (κ1) is 12.0. The summed E-state index contributed by atoms with van der Waals surface area (Å²) in [4.78, 5) is 6.04. The van der Waals surface area contributed by atoms with Crippen LogP contribution >= 0.6 is 11.8 Å². The number of rotatable bonds is 0. The van der Waals surface area contributed by atoms with Gasteiger partial charge in [0.25, 0.3) is 0 Å². The van der Waals surface area contributed by atoms with Crippen molar-refractivity contribution in [2.75, 3.05) is 17.7 Å². The Morgan fingerprint density at radius 2 is 2.35 bits per heavy atom. The lowest BCUT2D eigenvalue weighted by molar-refractivity contribution is 0.780. The molecule has 3 nitrogen and oxygen atoms in total. The fourth-order valence-electron chi connectivity index (χ4n) is 2.18. The van der Waals surface area contributed by atoms with E-state index in [0.717, 1.165) is 24.6 Å². The highest BCUT2D eigenvalue weighted by molar-refractivity contribution is 8.13. The van der Waals surface area contributed by atoms with Crippen molar-refractivity contribution in [1.82, 2.24) is 0 Å². The molecule has 1 aliphatic rings. The van der Waals surface area contributed by atoms with E-state index in [2.05, 4.69) is 35.0 Å². The van der Waals surface area contributed by atoms with Gasteiger partial charge in [-0.25, -0.2) is 0 Å². The maximum Gasteiger partial charge on any atom is 0.208 e. The Bertz CT molecular complexity index is 488. The first-order valence-corrected chi connectivity index (χ1v) is 6.86. The van der Waals surface area contributed by atoms with Gasteiger partial charge in [0, 0.05) is 12.2 Å². The monoisotopic (exact) mass is 245 g/mol. The maximum absolute atomic E-state index is 8.71. The van der Waals surface area contributed by atoms with Crippen LogP contribution in [-0.4, -0.2) is 18.0 Å². The molecule has 17 heavy (non-hydrogen) atoms. The molecule has 2 rings (SSSR count). The summed E-state index contributed by atoms with van der Waals surface area (Å²) in [5.74, 6) is 0. The topological polar surface area (TPSA) is 39.4 Å². The summed E-state index contributed by atoms with van der Waals surface area (Å²) in [7, 11) is 0. The number of nitrogens with zero attached hydrogens (tertiary/aromatic N) is 3. The van der Waals surface area contributed by atoms with Crippen LogP contribution in [0.25, 0.3) is 0 Å². The molecule has 0 fully saturated rings. The highest BCUT2D eigenvalue weighted by Crippen LogP contribution is 2.29. The predicted octanol–water partition coefficient (Wildman–Crippen LogP) is 2.95. The van der Waals surface area contributed by atoms with Crippen molar-refractivity contribution in [2.45, 2.75) is 19.8 Å². The minimum Gasteiger partial charge on any atom is -0.320 e. The van der Waals surface area contributed by atoms with Gasteiger partial charge in [-0.15, -0.1) is 4.99 Å². The van der Waals surface area contributed by atoms with Crippen LogP contribution in [0.3, 0.4) is 0 Å². The first-order chi connectivity index (χ1) is 8.26. The number of hydrogen-bond donors (Lipinski definition) is 0. The molecule has 1 aromatic rings. The molecule has 4 heteroatoms. The first-order valence-electron chi connectivity index (χ1n) is 5.64. The van der Waals surface area contributed by atoms with Crippen LogP contribution in [0, 0.1) is 18.4 Å². The minimum absolute atomic E-state index is 0.789. The molecule has 0 aromatic heterocycles. The predicted molar refractivity (Wildman–Crippen MR) is 73.4 cm³/mol. The molecule has 0 spiro atoms. The number of thioether (sulfide) groups is 1. The van der Waals surface area contributed by atoms with E-state index in [1.165, 1.54) is 28.6 Å². The summed E-state index contributed by atoms with van der Waals surface area (Å²) in [5.41, 5.74) is 3.84. The summed E-state index contributed by atoms with van der Waals surface area (Å²) in [6.45, 7) is 3.05. The van der Waals surface area contributed by atoms with E-state index in [4.69, 9.17) is 5.26 Å². The molecule has 0 amide bonds. The Morgan fingerprint density at radius 1 is 1.53 bits per heavy atom. The van der Waals surface area contributed by atoms with Crippen molar-refractivity contribution in [3.05, 3.63) is 29.3 Å². The molecule has 1 aromatic carbocycles. The molecule has 0 aliphatic carbocycles. The van der Waals surface area contributed by atoms with Crippen molar-refractivity contribution in [2.24, 2.45) is 4.99 Å². The second-order valence-electron chi connectivity index (χ2n) is 4.09. The van der Waals surface area contributed by atoms with Crippen molar-refractivity contribution in [1.29, 1.82) is 5.26 Å². The number of fused-ring (bicyclic) bond motifs is 1. The third kappa shape index (κ3) is 2.45. The van der Waals surface area contributed by atoms with Gasteiger partial charge in [0.1, 0.15) is 0 Å². The van der Waals surface area contributed by atoms with E-state index in [1.54, 1.807) is 0 Å². The summed E-state index contributed by atoms with van der Waals surface area (Å²) in [5, 5.41) is 9.50. The molecule has 0 saturated carbocycles. The van der Waals surface area contributed by atoms with Gasteiger partial charge in [0.15, 0.2) is 5.17 Å². The number of hydrogen-bond acceptors (Lipinski definition) is 3.